The maximum Gasteiger partial charge on any atom is 0.117 e. The summed E-state index contributed by atoms with van der Waals surface area (Å²) in [6.45, 7) is 1.93. The zero-order valence-electron chi connectivity index (χ0n) is 7.10. The van der Waals surface area contributed by atoms with Crippen LogP contribution < -0.4 is 0 Å². The Morgan fingerprint density at radius 2 is 1.77 bits per heavy atom. The Morgan fingerprint density at radius 3 is 2.23 bits per heavy atom. The van der Waals surface area contributed by atoms with Gasteiger partial charge in [0.1, 0.15) is 10.1 Å². The highest BCUT2D eigenvalue weighted by Crippen LogP contribution is 2.05. The minimum absolute atomic E-state index is 0.650. The molecule has 0 heterocycles. The second-order valence-electron chi connectivity index (χ2n) is 2.71. The second-order valence-corrected chi connectivity index (χ2v) is 3.96. The van der Waals surface area contributed by atoms with E-state index in [1.165, 1.54) is 6.08 Å². The fraction of sp³-hybridized carbons (Fsp3) is 0.111. The molecule has 0 N–H and O–H groups in total. The van der Waals surface area contributed by atoms with Crippen LogP contribution in [0.2, 0.25) is 0 Å². The monoisotopic (exact) mass is 197 g/mol. The molecule has 1 aromatic rings. The van der Waals surface area contributed by atoms with E-state index in [0.29, 0.717) is 11.0 Å². The van der Waals surface area contributed by atoms with Gasteiger partial charge in [0, 0.05) is 5.41 Å². The molecule has 0 aromatic heterocycles. The van der Waals surface area contributed by atoms with Crippen LogP contribution in [0.4, 0.5) is 0 Å². The van der Waals surface area contributed by atoms with Crippen molar-refractivity contribution in [2.45, 2.75) is 6.92 Å². The Labute approximate surface area is 77.5 Å². The van der Waals surface area contributed by atoms with Crippen molar-refractivity contribution in [1.29, 1.82) is 0 Å². The molecule has 13 heavy (non-hydrogen) atoms. The molecule has 0 saturated carbocycles. The minimum Gasteiger partial charge on any atom is -0.744 e. The molecular formula is C9H9O3S-. The van der Waals surface area contributed by atoms with Gasteiger partial charge in [-0.2, -0.15) is 0 Å². The number of hydrogen-bond donors (Lipinski definition) is 0. The Kier molecular flexibility index (Phi) is 2.85. The molecule has 0 atom stereocenters. The second kappa shape index (κ2) is 3.72. The molecular weight excluding hydrogens is 188 g/mol. The molecule has 0 bridgehead atoms. The van der Waals surface area contributed by atoms with Crippen molar-refractivity contribution in [3.63, 3.8) is 0 Å². The first-order chi connectivity index (χ1) is 5.97. The third kappa shape index (κ3) is 3.87. The first kappa shape index (κ1) is 9.95. The van der Waals surface area contributed by atoms with E-state index in [9.17, 15) is 13.0 Å². The van der Waals surface area contributed by atoms with Crippen molar-refractivity contribution < 1.29 is 13.0 Å². The summed E-state index contributed by atoms with van der Waals surface area (Å²) in [6.07, 6.45) is 1.28. The van der Waals surface area contributed by atoms with Gasteiger partial charge in [-0.3, -0.25) is 0 Å². The average Bonchev–Trinajstić information content (AvgIpc) is 2.02. The molecule has 3 nitrogen and oxygen atoms in total. The Morgan fingerprint density at radius 1 is 1.23 bits per heavy atom. The van der Waals surface area contributed by atoms with E-state index in [0.717, 1.165) is 5.56 Å². The SMILES string of the molecule is Cc1ccc(/C=C/S(=O)(=O)[O-])cc1. The van der Waals surface area contributed by atoms with Gasteiger partial charge in [0.05, 0.1) is 0 Å². The highest BCUT2D eigenvalue weighted by molar-refractivity contribution is 7.88. The lowest BCUT2D eigenvalue weighted by Crippen LogP contribution is -1.89. The molecule has 0 unspecified atom stereocenters. The fourth-order valence-electron chi connectivity index (χ4n) is 0.839. The van der Waals surface area contributed by atoms with Gasteiger partial charge >= 0.3 is 0 Å². The lowest BCUT2D eigenvalue weighted by molar-refractivity contribution is 0.474. The van der Waals surface area contributed by atoms with E-state index >= 15 is 0 Å². The molecule has 0 spiro atoms. The molecule has 1 aromatic carbocycles. The van der Waals surface area contributed by atoms with E-state index in [4.69, 9.17) is 0 Å². The van der Waals surface area contributed by atoms with Crippen molar-refractivity contribution in [3.05, 3.63) is 40.8 Å². The number of rotatable bonds is 2. The predicted molar refractivity (Wildman–Crippen MR) is 49.9 cm³/mol. The summed E-state index contributed by atoms with van der Waals surface area (Å²) in [5.41, 5.74) is 1.78. The van der Waals surface area contributed by atoms with Gasteiger partial charge in [-0.05, 0) is 18.6 Å². The highest BCUT2D eigenvalue weighted by atomic mass is 32.2. The number of hydrogen-bond acceptors (Lipinski definition) is 3. The summed E-state index contributed by atoms with van der Waals surface area (Å²) < 4.78 is 30.7. The van der Waals surface area contributed by atoms with Gasteiger partial charge in [0.15, 0.2) is 0 Å². The quantitative estimate of drug-likeness (QED) is 0.675. The van der Waals surface area contributed by atoms with Crippen LogP contribution in [-0.2, 0) is 10.1 Å². The van der Waals surface area contributed by atoms with Gasteiger partial charge < -0.3 is 4.55 Å². The maximum absolute atomic E-state index is 10.2. The van der Waals surface area contributed by atoms with E-state index in [1.54, 1.807) is 12.1 Å². The normalized spacial score (nSPS) is 12.2. The smallest absolute Gasteiger partial charge is 0.117 e. The summed E-state index contributed by atoms with van der Waals surface area (Å²) >= 11 is 0. The summed E-state index contributed by atoms with van der Waals surface area (Å²) in [6, 6.07) is 7.18. The van der Waals surface area contributed by atoms with Crippen molar-refractivity contribution in [2.75, 3.05) is 0 Å². The van der Waals surface area contributed by atoms with Gasteiger partial charge in [-0.1, -0.05) is 29.8 Å². The topological polar surface area (TPSA) is 57.2 Å². The minimum atomic E-state index is -4.26. The summed E-state index contributed by atoms with van der Waals surface area (Å²) in [5.74, 6) is 0. The Balaban J connectivity index is 2.88. The van der Waals surface area contributed by atoms with E-state index in [1.807, 2.05) is 19.1 Å². The van der Waals surface area contributed by atoms with E-state index in [2.05, 4.69) is 0 Å². The summed E-state index contributed by atoms with van der Waals surface area (Å²) in [5, 5.41) is 0.650. The molecule has 0 saturated heterocycles. The van der Waals surface area contributed by atoms with Crippen LogP contribution >= 0.6 is 0 Å². The zero-order valence-corrected chi connectivity index (χ0v) is 7.91. The third-order valence-electron chi connectivity index (χ3n) is 1.50. The van der Waals surface area contributed by atoms with E-state index in [-0.39, 0.29) is 0 Å². The van der Waals surface area contributed by atoms with E-state index < -0.39 is 10.1 Å². The van der Waals surface area contributed by atoms with Crippen LogP contribution in [0.25, 0.3) is 6.08 Å². The lowest BCUT2D eigenvalue weighted by atomic mass is 10.2. The van der Waals surface area contributed by atoms with Crippen LogP contribution in [0.15, 0.2) is 29.7 Å². The molecule has 0 aliphatic rings. The fourth-order valence-corrected chi connectivity index (χ4v) is 1.16. The molecule has 4 heteroatoms. The van der Waals surface area contributed by atoms with Crippen LogP contribution in [0.3, 0.4) is 0 Å². The van der Waals surface area contributed by atoms with Crippen molar-refractivity contribution >= 4 is 16.2 Å². The third-order valence-corrected chi connectivity index (χ3v) is 1.97. The van der Waals surface area contributed by atoms with Gasteiger partial charge in [0.2, 0.25) is 0 Å². The van der Waals surface area contributed by atoms with Crippen molar-refractivity contribution in [1.82, 2.24) is 0 Å². The zero-order chi connectivity index (χ0) is 9.90. The standard InChI is InChI=1S/C9H10O3S/c1-8-2-4-9(5-3-8)6-7-13(10,11)12/h2-7H,1H3,(H,10,11,12)/p-1/b7-6+. The molecule has 1 rings (SSSR count). The van der Waals surface area contributed by atoms with Crippen LogP contribution in [0, 0.1) is 6.92 Å². The summed E-state index contributed by atoms with van der Waals surface area (Å²) in [4.78, 5) is 0. The van der Waals surface area contributed by atoms with Crippen LogP contribution in [0.5, 0.6) is 0 Å². The van der Waals surface area contributed by atoms with Gasteiger partial charge in [0.25, 0.3) is 0 Å². The summed E-state index contributed by atoms with van der Waals surface area (Å²) in [7, 11) is -4.26. The predicted octanol–water partition coefficient (Wildman–Crippen LogP) is 1.51. The van der Waals surface area contributed by atoms with Crippen molar-refractivity contribution in [3.8, 4) is 0 Å². The highest BCUT2D eigenvalue weighted by Gasteiger charge is 1.88. The largest absolute Gasteiger partial charge is 0.744 e. The Bertz CT molecular complexity index is 401. The molecule has 70 valence electrons. The number of benzene rings is 1. The average molecular weight is 197 g/mol. The molecule has 0 amide bonds. The van der Waals surface area contributed by atoms with Gasteiger partial charge in [-0.25, -0.2) is 8.42 Å². The molecule has 0 aliphatic heterocycles. The molecule has 0 fully saturated rings. The molecule has 0 radical (unpaired) electrons. The first-order valence-corrected chi connectivity index (χ1v) is 5.15. The van der Waals surface area contributed by atoms with Crippen LogP contribution in [-0.4, -0.2) is 13.0 Å². The lowest BCUT2D eigenvalue weighted by Gasteiger charge is -1.98. The maximum atomic E-state index is 10.2. The van der Waals surface area contributed by atoms with Crippen molar-refractivity contribution in [2.24, 2.45) is 0 Å². The first-order valence-electron chi connectivity index (χ1n) is 3.68. The Hall–Kier alpha value is -1.13. The van der Waals surface area contributed by atoms with Crippen LogP contribution in [0.1, 0.15) is 11.1 Å². The van der Waals surface area contributed by atoms with Gasteiger partial charge in [-0.15, -0.1) is 0 Å². The number of aryl methyl sites for hydroxylation is 1. The molecule has 0 aliphatic carbocycles.